The molecule has 2 amide bonds. The predicted molar refractivity (Wildman–Crippen MR) is 97.2 cm³/mol. The van der Waals surface area contributed by atoms with Crippen LogP contribution < -0.4 is 10.6 Å². The molecule has 3 heterocycles. The van der Waals surface area contributed by atoms with Gasteiger partial charge in [0, 0.05) is 14.0 Å². The number of hydrogen-bond acceptors (Lipinski definition) is 11. The van der Waals surface area contributed by atoms with Crippen LogP contribution >= 0.6 is 23.1 Å². The summed E-state index contributed by atoms with van der Waals surface area (Å²) in [6.07, 6.45) is 0.765. The smallest absolute Gasteiger partial charge is 0.236 e. The van der Waals surface area contributed by atoms with Gasteiger partial charge in [-0.2, -0.15) is 0 Å². The van der Waals surface area contributed by atoms with Gasteiger partial charge in [0.15, 0.2) is 16.7 Å². The van der Waals surface area contributed by atoms with E-state index in [9.17, 15) is 9.59 Å². The largest absolute Gasteiger partial charge is 0.306 e. The van der Waals surface area contributed by atoms with Crippen molar-refractivity contribution in [3.8, 4) is 11.5 Å². The minimum Gasteiger partial charge on any atom is -0.306 e. The molecule has 0 fully saturated rings. The second-order valence-corrected chi connectivity index (χ2v) is 7.20. The minimum atomic E-state index is -0.316. The third kappa shape index (κ3) is 4.46. The van der Waals surface area contributed by atoms with Gasteiger partial charge in [-0.25, -0.2) is 4.63 Å². The fourth-order valence-electron chi connectivity index (χ4n) is 1.96. The normalized spacial score (nSPS) is 10.8. The maximum Gasteiger partial charge on any atom is 0.236 e. The van der Waals surface area contributed by atoms with E-state index >= 15 is 0 Å². The number of aryl methyl sites for hydroxylation is 1. The summed E-state index contributed by atoms with van der Waals surface area (Å²) in [5, 5.41) is 30.3. The Morgan fingerprint density at radius 3 is 2.70 bits per heavy atom. The molecule has 142 valence electrons. The average molecular weight is 409 g/mol. The van der Waals surface area contributed by atoms with Crippen LogP contribution in [0.1, 0.15) is 18.9 Å². The standard InChI is InChI=1S/C13H15N9O3S2/c1-4-8-16-18-12(27-8)15-7(24)5-26-13-19-17-11(22(13)3)9-10(14-6(2)23)21-25-20-9/h4-5H2,1-3H3,(H,14,21,23)(H,15,18,24). The first-order valence-electron chi connectivity index (χ1n) is 7.72. The van der Waals surface area contributed by atoms with Crippen molar-refractivity contribution in [1.29, 1.82) is 0 Å². The number of amides is 2. The highest BCUT2D eigenvalue weighted by atomic mass is 32.2. The van der Waals surface area contributed by atoms with E-state index in [1.807, 2.05) is 6.92 Å². The first kappa shape index (κ1) is 18.9. The van der Waals surface area contributed by atoms with Crippen molar-refractivity contribution >= 4 is 45.9 Å². The van der Waals surface area contributed by atoms with Crippen molar-refractivity contribution in [2.24, 2.45) is 7.05 Å². The van der Waals surface area contributed by atoms with Crippen LogP contribution in [0.15, 0.2) is 9.79 Å². The minimum absolute atomic E-state index is 0.114. The molecule has 0 saturated carbocycles. The highest BCUT2D eigenvalue weighted by molar-refractivity contribution is 7.99. The molecule has 0 unspecified atom stereocenters. The zero-order valence-corrected chi connectivity index (χ0v) is 16.2. The van der Waals surface area contributed by atoms with E-state index in [0.29, 0.717) is 16.1 Å². The Balaban J connectivity index is 1.64. The van der Waals surface area contributed by atoms with Crippen LogP contribution in [-0.2, 0) is 23.1 Å². The molecule has 27 heavy (non-hydrogen) atoms. The van der Waals surface area contributed by atoms with Gasteiger partial charge in [-0.05, 0) is 16.7 Å². The van der Waals surface area contributed by atoms with Crippen molar-refractivity contribution in [1.82, 2.24) is 35.3 Å². The van der Waals surface area contributed by atoms with Crippen LogP contribution in [0.25, 0.3) is 11.5 Å². The van der Waals surface area contributed by atoms with Crippen molar-refractivity contribution < 1.29 is 14.2 Å². The van der Waals surface area contributed by atoms with Crippen LogP contribution in [0.2, 0.25) is 0 Å². The first-order chi connectivity index (χ1) is 13.0. The van der Waals surface area contributed by atoms with E-state index in [2.05, 4.69) is 46.0 Å². The molecule has 0 atom stereocenters. The zero-order chi connectivity index (χ0) is 19.4. The topological polar surface area (TPSA) is 154 Å². The number of hydrogen-bond donors (Lipinski definition) is 2. The molecule has 0 radical (unpaired) electrons. The van der Waals surface area contributed by atoms with E-state index in [4.69, 9.17) is 0 Å². The second-order valence-electron chi connectivity index (χ2n) is 5.20. The highest BCUT2D eigenvalue weighted by Crippen LogP contribution is 2.26. The van der Waals surface area contributed by atoms with Gasteiger partial charge in [0.05, 0.1) is 5.75 Å². The number of nitrogens with one attached hydrogen (secondary N) is 2. The summed E-state index contributed by atoms with van der Waals surface area (Å²) in [7, 11) is 1.71. The summed E-state index contributed by atoms with van der Waals surface area (Å²) in [5.41, 5.74) is 0.248. The summed E-state index contributed by atoms with van der Waals surface area (Å²) >= 11 is 2.53. The van der Waals surface area contributed by atoms with Gasteiger partial charge < -0.3 is 9.88 Å². The molecule has 0 bridgehead atoms. The van der Waals surface area contributed by atoms with Gasteiger partial charge in [0.25, 0.3) is 0 Å². The van der Waals surface area contributed by atoms with Crippen molar-refractivity contribution in [3.05, 3.63) is 5.01 Å². The summed E-state index contributed by atoms with van der Waals surface area (Å²) in [5.74, 6) is 0.0615. The van der Waals surface area contributed by atoms with E-state index in [1.165, 1.54) is 30.0 Å². The monoisotopic (exact) mass is 409 g/mol. The second kappa shape index (κ2) is 8.22. The average Bonchev–Trinajstić information content (AvgIpc) is 3.33. The third-order valence-electron chi connectivity index (χ3n) is 3.18. The Morgan fingerprint density at radius 1 is 1.19 bits per heavy atom. The Labute approximate surface area is 161 Å². The highest BCUT2D eigenvalue weighted by Gasteiger charge is 2.21. The molecular formula is C13H15N9O3S2. The number of thioether (sulfide) groups is 1. The Hall–Kier alpha value is -2.87. The lowest BCUT2D eigenvalue weighted by atomic mass is 10.4. The lowest BCUT2D eigenvalue weighted by molar-refractivity contribution is -0.114. The number of carbonyl (C=O) groups is 2. The molecule has 3 rings (SSSR count). The van der Waals surface area contributed by atoms with E-state index in [0.717, 1.165) is 11.4 Å². The molecule has 0 saturated heterocycles. The number of anilines is 2. The predicted octanol–water partition coefficient (Wildman–Crippen LogP) is 0.968. The van der Waals surface area contributed by atoms with Crippen LogP contribution in [0.5, 0.6) is 0 Å². The molecule has 3 aromatic heterocycles. The molecule has 12 nitrogen and oxygen atoms in total. The van der Waals surface area contributed by atoms with E-state index in [1.54, 1.807) is 11.6 Å². The number of carbonyl (C=O) groups excluding carboxylic acids is 2. The molecule has 2 N–H and O–H groups in total. The summed E-state index contributed by atoms with van der Waals surface area (Å²) in [6, 6.07) is 0. The molecular weight excluding hydrogens is 394 g/mol. The maximum atomic E-state index is 12.1. The van der Waals surface area contributed by atoms with E-state index < -0.39 is 0 Å². The van der Waals surface area contributed by atoms with Crippen LogP contribution in [0.4, 0.5) is 10.9 Å². The maximum absolute atomic E-state index is 12.1. The van der Waals surface area contributed by atoms with Gasteiger partial charge in [0.1, 0.15) is 5.01 Å². The quantitative estimate of drug-likeness (QED) is 0.539. The van der Waals surface area contributed by atoms with Crippen LogP contribution in [0, 0.1) is 0 Å². The van der Waals surface area contributed by atoms with Crippen LogP contribution in [0.3, 0.4) is 0 Å². The van der Waals surface area contributed by atoms with Gasteiger partial charge in [-0.3, -0.25) is 14.9 Å². The first-order valence-corrected chi connectivity index (χ1v) is 9.53. The molecule has 0 aliphatic rings. The molecule has 14 heteroatoms. The fraction of sp³-hybridized carbons (Fsp3) is 0.385. The number of rotatable bonds is 7. The zero-order valence-electron chi connectivity index (χ0n) is 14.6. The summed E-state index contributed by atoms with van der Waals surface area (Å²) < 4.78 is 6.29. The van der Waals surface area contributed by atoms with E-state index in [-0.39, 0.29) is 29.1 Å². The fourth-order valence-corrected chi connectivity index (χ4v) is 3.37. The van der Waals surface area contributed by atoms with Gasteiger partial charge in [0.2, 0.25) is 22.8 Å². The van der Waals surface area contributed by atoms with Crippen molar-refractivity contribution in [3.63, 3.8) is 0 Å². The molecule has 0 aliphatic carbocycles. The number of aromatic nitrogens is 7. The Kier molecular flexibility index (Phi) is 5.75. The van der Waals surface area contributed by atoms with Crippen LogP contribution in [-0.4, -0.2) is 52.8 Å². The summed E-state index contributed by atoms with van der Waals surface area (Å²) in [6.45, 7) is 3.31. The summed E-state index contributed by atoms with van der Waals surface area (Å²) in [4.78, 5) is 23.3. The SMILES string of the molecule is CCc1nnc(NC(=O)CSc2nnc(-c3nonc3NC(C)=O)n2C)s1. The molecule has 0 spiro atoms. The Morgan fingerprint density at radius 2 is 2.00 bits per heavy atom. The Bertz CT molecular complexity index is 964. The lowest BCUT2D eigenvalue weighted by Gasteiger charge is -2.03. The van der Waals surface area contributed by atoms with Gasteiger partial charge in [-0.1, -0.05) is 30.0 Å². The van der Waals surface area contributed by atoms with Crippen molar-refractivity contribution in [2.45, 2.75) is 25.4 Å². The van der Waals surface area contributed by atoms with Crippen molar-refractivity contribution in [2.75, 3.05) is 16.4 Å². The molecule has 0 aromatic carbocycles. The van der Waals surface area contributed by atoms with Gasteiger partial charge in [-0.15, -0.1) is 20.4 Å². The van der Waals surface area contributed by atoms with Gasteiger partial charge >= 0.3 is 0 Å². The third-order valence-corrected chi connectivity index (χ3v) is 5.18. The lowest BCUT2D eigenvalue weighted by Crippen LogP contribution is -2.14. The number of nitrogens with zero attached hydrogens (tertiary/aromatic N) is 7. The molecule has 0 aliphatic heterocycles. The molecule has 3 aromatic rings.